The third-order valence-corrected chi connectivity index (χ3v) is 5.08. The molecule has 5 heteroatoms. The minimum Gasteiger partial charge on any atom is -0.486 e. The molecule has 4 rings (SSSR count). The first-order chi connectivity index (χ1) is 11.3. The van der Waals surface area contributed by atoms with Gasteiger partial charge in [0.25, 0.3) is 5.91 Å². The maximum atomic E-state index is 12.8. The Bertz CT molecular complexity index is 752. The van der Waals surface area contributed by atoms with Crippen LogP contribution in [0, 0.1) is 0 Å². The van der Waals surface area contributed by atoms with Gasteiger partial charge in [0.15, 0.2) is 11.5 Å². The van der Waals surface area contributed by atoms with Gasteiger partial charge in [-0.05, 0) is 35.6 Å². The summed E-state index contributed by atoms with van der Waals surface area (Å²) in [7, 11) is 0. The summed E-state index contributed by atoms with van der Waals surface area (Å²) in [4.78, 5) is 16.0. The fourth-order valence-electron chi connectivity index (χ4n) is 2.95. The monoisotopic (exact) mass is 327 g/mol. The summed E-state index contributed by atoms with van der Waals surface area (Å²) in [6.07, 6.45) is 3.04. The number of carbonyl (C=O) groups excluding carboxylic acids is 1. The van der Waals surface area contributed by atoms with E-state index in [0.29, 0.717) is 36.8 Å². The number of fused-ring (bicyclic) bond motifs is 1. The summed E-state index contributed by atoms with van der Waals surface area (Å²) in [6, 6.07) is 9.70. The lowest BCUT2D eigenvalue weighted by Crippen LogP contribution is -2.35. The highest BCUT2D eigenvalue weighted by molar-refractivity contribution is 7.11. The van der Waals surface area contributed by atoms with Gasteiger partial charge in [0, 0.05) is 18.0 Å². The normalized spacial score (nSPS) is 16.9. The highest BCUT2D eigenvalue weighted by Gasteiger charge is 2.25. The Morgan fingerprint density at radius 2 is 2.04 bits per heavy atom. The average Bonchev–Trinajstić information content (AvgIpc) is 3.15. The highest BCUT2D eigenvalue weighted by atomic mass is 32.1. The second-order valence-corrected chi connectivity index (χ2v) is 6.49. The third kappa shape index (κ3) is 2.72. The van der Waals surface area contributed by atoms with Crippen LogP contribution in [0.5, 0.6) is 11.5 Å². The van der Waals surface area contributed by atoms with Gasteiger partial charge in [-0.2, -0.15) is 0 Å². The minimum atomic E-state index is 0.00818. The molecular weight excluding hydrogens is 310 g/mol. The Labute approximate surface area is 138 Å². The van der Waals surface area contributed by atoms with Crippen molar-refractivity contribution in [2.75, 3.05) is 26.3 Å². The van der Waals surface area contributed by atoms with Crippen LogP contribution in [0.1, 0.15) is 21.7 Å². The van der Waals surface area contributed by atoms with Gasteiger partial charge in [0.2, 0.25) is 0 Å². The van der Waals surface area contributed by atoms with E-state index in [1.807, 2.05) is 23.1 Å². The van der Waals surface area contributed by atoms with Crippen molar-refractivity contribution in [2.24, 2.45) is 0 Å². The fraction of sp³-hybridized carbons (Fsp3) is 0.278. The van der Waals surface area contributed by atoms with Gasteiger partial charge in [0.05, 0.1) is 5.56 Å². The van der Waals surface area contributed by atoms with Crippen molar-refractivity contribution in [3.05, 3.63) is 52.2 Å². The number of benzene rings is 1. The smallest absolute Gasteiger partial charge is 0.258 e. The van der Waals surface area contributed by atoms with Gasteiger partial charge in [-0.1, -0.05) is 18.2 Å². The number of para-hydroxylation sites is 1. The standard InChI is InChI=1S/C18H17NO3S/c20-18(14-3-1-4-15-17(14)22-11-10-21-15)19-8-6-13(7-9-19)16-5-2-12-23-16/h1-6,12H,7-11H2. The topological polar surface area (TPSA) is 38.8 Å². The Kier molecular flexibility index (Phi) is 3.79. The van der Waals surface area contributed by atoms with E-state index in [1.54, 1.807) is 11.3 Å². The molecule has 0 unspecified atom stereocenters. The quantitative estimate of drug-likeness (QED) is 0.848. The Hall–Kier alpha value is -2.27. The maximum Gasteiger partial charge on any atom is 0.258 e. The molecule has 0 atom stereocenters. The second kappa shape index (κ2) is 6.08. The predicted octanol–water partition coefficient (Wildman–Crippen LogP) is 3.45. The zero-order chi connectivity index (χ0) is 15.6. The second-order valence-electron chi connectivity index (χ2n) is 5.54. The molecule has 23 heavy (non-hydrogen) atoms. The molecular formula is C18H17NO3S. The molecule has 0 aliphatic carbocycles. The molecule has 0 saturated heterocycles. The van der Waals surface area contributed by atoms with Crippen molar-refractivity contribution < 1.29 is 14.3 Å². The van der Waals surface area contributed by atoms with Crippen molar-refractivity contribution in [3.8, 4) is 11.5 Å². The lowest BCUT2D eigenvalue weighted by Gasteiger charge is -2.28. The lowest BCUT2D eigenvalue weighted by atomic mass is 10.0. The molecule has 2 aromatic rings. The van der Waals surface area contributed by atoms with Crippen LogP contribution >= 0.6 is 11.3 Å². The fourth-order valence-corrected chi connectivity index (χ4v) is 3.75. The molecule has 1 aromatic heterocycles. The van der Waals surface area contributed by atoms with E-state index in [-0.39, 0.29) is 5.91 Å². The van der Waals surface area contributed by atoms with E-state index in [2.05, 4.69) is 23.6 Å². The molecule has 0 radical (unpaired) electrons. The highest BCUT2D eigenvalue weighted by Crippen LogP contribution is 2.35. The minimum absolute atomic E-state index is 0.00818. The molecule has 3 heterocycles. The van der Waals surface area contributed by atoms with E-state index in [9.17, 15) is 4.79 Å². The van der Waals surface area contributed by atoms with Gasteiger partial charge in [-0.3, -0.25) is 4.79 Å². The summed E-state index contributed by atoms with van der Waals surface area (Å²) in [6.45, 7) is 2.38. The van der Waals surface area contributed by atoms with Crippen molar-refractivity contribution in [3.63, 3.8) is 0 Å². The van der Waals surface area contributed by atoms with Crippen molar-refractivity contribution in [1.82, 2.24) is 4.90 Å². The first kappa shape index (κ1) is 14.3. The Morgan fingerprint density at radius 3 is 2.83 bits per heavy atom. The van der Waals surface area contributed by atoms with Gasteiger partial charge in [-0.25, -0.2) is 0 Å². The summed E-state index contributed by atoms with van der Waals surface area (Å²) < 4.78 is 11.2. The molecule has 1 aromatic carbocycles. The number of nitrogens with zero attached hydrogens (tertiary/aromatic N) is 1. The molecule has 0 N–H and O–H groups in total. The first-order valence-electron chi connectivity index (χ1n) is 7.74. The number of thiophene rings is 1. The van der Waals surface area contributed by atoms with Gasteiger partial charge < -0.3 is 14.4 Å². The van der Waals surface area contributed by atoms with Crippen molar-refractivity contribution in [1.29, 1.82) is 0 Å². The largest absolute Gasteiger partial charge is 0.486 e. The van der Waals surface area contributed by atoms with Gasteiger partial charge >= 0.3 is 0 Å². The van der Waals surface area contributed by atoms with Crippen LogP contribution in [0.4, 0.5) is 0 Å². The van der Waals surface area contributed by atoms with E-state index in [0.717, 1.165) is 13.0 Å². The number of hydrogen-bond acceptors (Lipinski definition) is 4. The van der Waals surface area contributed by atoms with Crippen LogP contribution in [-0.4, -0.2) is 37.1 Å². The van der Waals surface area contributed by atoms with Crippen LogP contribution in [0.25, 0.3) is 5.57 Å². The summed E-state index contributed by atoms with van der Waals surface area (Å²) in [5, 5.41) is 2.08. The zero-order valence-electron chi connectivity index (χ0n) is 12.7. The number of hydrogen-bond donors (Lipinski definition) is 0. The van der Waals surface area contributed by atoms with Crippen LogP contribution < -0.4 is 9.47 Å². The zero-order valence-corrected chi connectivity index (χ0v) is 13.5. The number of amides is 1. The third-order valence-electron chi connectivity index (χ3n) is 4.13. The number of carbonyl (C=O) groups is 1. The van der Waals surface area contributed by atoms with E-state index in [1.165, 1.54) is 10.5 Å². The predicted molar refractivity (Wildman–Crippen MR) is 90.2 cm³/mol. The molecule has 2 aliphatic rings. The molecule has 2 aliphatic heterocycles. The van der Waals surface area contributed by atoms with Crippen LogP contribution in [-0.2, 0) is 0 Å². The molecule has 0 spiro atoms. The average molecular weight is 327 g/mol. The van der Waals surface area contributed by atoms with Crippen LogP contribution in [0.15, 0.2) is 41.8 Å². The molecule has 0 saturated carbocycles. The summed E-state index contributed by atoms with van der Waals surface area (Å²) in [5.41, 5.74) is 1.92. The summed E-state index contributed by atoms with van der Waals surface area (Å²) in [5.74, 6) is 1.25. The van der Waals surface area contributed by atoms with E-state index >= 15 is 0 Å². The van der Waals surface area contributed by atoms with Gasteiger partial charge in [-0.15, -0.1) is 11.3 Å². The molecule has 118 valence electrons. The van der Waals surface area contributed by atoms with Crippen molar-refractivity contribution >= 4 is 22.8 Å². The molecule has 0 fully saturated rings. The van der Waals surface area contributed by atoms with Crippen molar-refractivity contribution in [2.45, 2.75) is 6.42 Å². The first-order valence-corrected chi connectivity index (χ1v) is 8.62. The molecule has 0 bridgehead atoms. The molecule has 1 amide bonds. The number of rotatable bonds is 2. The Balaban J connectivity index is 1.55. The van der Waals surface area contributed by atoms with E-state index < -0.39 is 0 Å². The van der Waals surface area contributed by atoms with Gasteiger partial charge in [0.1, 0.15) is 13.2 Å². The Morgan fingerprint density at radius 1 is 1.13 bits per heavy atom. The maximum absolute atomic E-state index is 12.8. The lowest BCUT2D eigenvalue weighted by molar-refractivity contribution is 0.0762. The summed E-state index contributed by atoms with van der Waals surface area (Å²) >= 11 is 1.75. The molecule has 4 nitrogen and oxygen atoms in total. The number of ether oxygens (including phenoxy) is 2. The SMILES string of the molecule is O=C(c1cccc2c1OCCO2)N1CC=C(c2cccs2)CC1. The van der Waals surface area contributed by atoms with E-state index in [4.69, 9.17) is 9.47 Å². The van der Waals surface area contributed by atoms with Crippen LogP contribution in [0.3, 0.4) is 0 Å². The van der Waals surface area contributed by atoms with Crippen LogP contribution in [0.2, 0.25) is 0 Å².